The molecule has 1 aromatic carbocycles. The van der Waals surface area contributed by atoms with Crippen molar-refractivity contribution in [1.82, 2.24) is 10.6 Å². The van der Waals surface area contributed by atoms with E-state index in [1.54, 1.807) is 13.1 Å². The molecule has 0 heterocycles. The zero-order valence-electron chi connectivity index (χ0n) is 9.43. The van der Waals surface area contributed by atoms with E-state index in [1.165, 1.54) is 0 Å². The van der Waals surface area contributed by atoms with Crippen LogP contribution in [-0.4, -0.2) is 26.0 Å². The van der Waals surface area contributed by atoms with Crippen LogP contribution in [0.25, 0.3) is 0 Å². The van der Waals surface area contributed by atoms with Crippen molar-refractivity contribution in [3.05, 3.63) is 33.8 Å². The lowest BCUT2D eigenvalue weighted by molar-refractivity contribution is -0.120. The molecule has 2 N–H and O–H groups in total. The van der Waals surface area contributed by atoms with Crippen LogP contribution >= 0.6 is 35.6 Å². The molecule has 0 saturated heterocycles. The third kappa shape index (κ3) is 6.74. The van der Waals surface area contributed by atoms with Gasteiger partial charge in [0.25, 0.3) is 0 Å². The number of benzene rings is 1. The van der Waals surface area contributed by atoms with E-state index in [0.717, 1.165) is 12.0 Å². The normalized spacial score (nSPS) is 9.59. The van der Waals surface area contributed by atoms with Gasteiger partial charge in [0.05, 0.1) is 6.54 Å². The predicted octanol–water partition coefficient (Wildman–Crippen LogP) is 2.29. The minimum absolute atomic E-state index is 0. The predicted molar refractivity (Wildman–Crippen MR) is 74.4 cm³/mol. The number of halogens is 3. The van der Waals surface area contributed by atoms with E-state index >= 15 is 0 Å². The summed E-state index contributed by atoms with van der Waals surface area (Å²) < 4.78 is 0. The van der Waals surface area contributed by atoms with Crippen LogP contribution in [0.15, 0.2) is 18.2 Å². The summed E-state index contributed by atoms with van der Waals surface area (Å²) in [5, 5.41) is 6.79. The molecule has 0 radical (unpaired) electrons. The van der Waals surface area contributed by atoms with Crippen molar-refractivity contribution in [2.45, 2.75) is 6.42 Å². The third-order valence-electron chi connectivity index (χ3n) is 2.00. The second-order valence-corrected chi connectivity index (χ2v) is 4.28. The van der Waals surface area contributed by atoms with Gasteiger partial charge in [-0.3, -0.25) is 4.79 Å². The van der Waals surface area contributed by atoms with Gasteiger partial charge >= 0.3 is 0 Å². The lowest BCUT2D eigenvalue weighted by atomic mass is 10.1. The molecule has 6 heteroatoms. The average Bonchev–Trinajstić information content (AvgIpc) is 2.16. The number of nitrogens with one attached hydrogen (secondary N) is 2. The molecule has 0 bridgehead atoms. The fourth-order valence-electron chi connectivity index (χ4n) is 1.32. The zero-order valence-corrected chi connectivity index (χ0v) is 11.8. The van der Waals surface area contributed by atoms with Crippen molar-refractivity contribution < 1.29 is 4.79 Å². The molecule has 17 heavy (non-hydrogen) atoms. The van der Waals surface area contributed by atoms with Crippen molar-refractivity contribution in [3.63, 3.8) is 0 Å². The summed E-state index contributed by atoms with van der Waals surface area (Å²) in [6.07, 6.45) is 0.718. The number of amides is 1. The largest absolute Gasteiger partial charge is 0.355 e. The van der Waals surface area contributed by atoms with E-state index in [2.05, 4.69) is 10.6 Å². The molecule has 0 atom stereocenters. The third-order valence-corrected chi connectivity index (χ3v) is 2.43. The van der Waals surface area contributed by atoms with Gasteiger partial charge in [0.15, 0.2) is 0 Å². The molecule has 0 saturated carbocycles. The molecular formula is C11H15Cl3N2O. The van der Waals surface area contributed by atoms with Crippen molar-refractivity contribution in [1.29, 1.82) is 0 Å². The Morgan fingerprint density at radius 1 is 1.24 bits per heavy atom. The molecule has 0 aliphatic heterocycles. The van der Waals surface area contributed by atoms with Gasteiger partial charge in [0, 0.05) is 16.6 Å². The minimum Gasteiger partial charge on any atom is -0.355 e. The van der Waals surface area contributed by atoms with Crippen LogP contribution in [0.2, 0.25) is 10.0 Å². The highest BCUT2D eigenvalue weighted by Gasteiger charge is 2.00. The highest BCUT2D eigenvalue weighted by molar-refractivity contribution is 6.34. The Kier molecular flexibility index (Phi) is 8.35. The maximum Gasteiger partial charge on any atom is 0.233 e. The molecule has 3 nitrogen and oxygen atoms in total. The summed E-state index contributed by atoms with van der Waals surface area (Å²) in [4.78, 5) is 11.1. The van der Waals surface area contributed by atoms with E-state index in [1.807, 2.05) is 12.1 Å². The number of likely N-dealkylation sites (N-methyl/N-ethyl adjacent to an activating group) is 1. The van der Waals surface area contributed by atoms with Crippen LogP contribution in [-0.2, 0) is 11.2 Å². The van der Waals surface area contributed by atoms with Crippen molar-refractivity contribution in [2.24, 2.45) is 0 Å². The Hall–Kier alpha value is -0.480. The van der Waals surface area contributed by atoms with Crippen LogP contribution in [0.3, 0.4) is 0 Å². The van der Waals surface area contributed by atoms with Crippen LogP contribution in [0.5, 0.6) is 0 Å². The fourth-order valence-corrected chi connectivity index (χ4v) is 1.90. The van der Waals surface area contributed by atoms with Crippen molar-refractivity contribution >= 4 is 41.5 Å². The lowest BCUT2D eigenvalue weighted by Gasteiger charge is -2.05. The van der Waals surface area contributed by atoms with Gasteiger partial charge in [-0.1, -0.05) is 23.2 Å². The Balaban J connectivity index is 0.00000256. The minimum atomic E-state index is -0.0179. The highest BCUT2D eigenvalue weighted by atomic mass is 35.5. The fraction of sp³-hybridized carbons (Fsp3) is 0.364. The summed E-state index contributed by atoms with van der Waals surface area (Å²) in [6.45, 7) is 0.910. The van der Waals surface area contributed by atoms with Crippen LogP contribution in [0, 0.1) is 0 Å². The second kappa shape index (κ2) is 8.59. The second-order valence-electron chi connectivity index (χ2n) is 3.41. The molecule has 0 aliphatic rings. The van der Waals surface area contributed by atoms with E-state index < -0.39 is 0 Å². The molecule has 1 aromatic rings. The Labute approximate surface area is 117 Å². The summed E-state index contributed by atoms with van der Waals surface area (Å²) in [7, 11) is 1.73. The SMILES string of the molecule is CNCC(=O)NCCc1cc(Cl)cc(Cl)c1.Cl. The van der Waals surface area contributed by atoms with Gasteiger partial charge in [0.1, 0.15) is 0 Å². The van der Waals surface area contributed by atoms with E-state index in [-0.39, 0.29) is 18.3 Å². The molecule has 0 spiro atoms. The number of carbonyl (C=O) groups excluding carboxylic acids is 1. The van der Waals surface area contributed by atoms with E-state index in [9.17, 15) is 4.79 Å². The molecule has 1 rings (SSSR count). The molecule has 0 fully saturated rings. The summed E-state index contributed by atoms with van der Waals surface area (Å²) >= 11 is 11.7. The van der Waals surface area contributed by atoms with Gasteiger partial charge < -0.3 is 10.6 Å². The number of hydrogen-bond acceptors (Lipinski definition) is 2. The maximum atomic E-state index is 11.1. The Bertz CT molecular complexity index is 351. The first-order chi connectivity index (χ1) is 7.61. The summed E-state index contributed by atoms with van der Waals surface area (Å²) in [5.74, 6) is -0.0179. The van der Waals surface area contributed by atoms with Gasteiger partial charge in [-0.2, -0.15) is 0 Å². The lowest BCUT2D eigenvalue weighted by Crippen LogP contribution is -2.33. The topological polar surface area (TPSA) is 41.1 Å². The van der Waals surface area contributed by atoms with Crippen LogP contribution in [0.4, 0.5) is 0 Å². The summed E-state index contributed by atoms with van der Waals surface area (Å²) in [5.41, 5.74) is 1.02. The maximum absolute atomic E-state index is 11.1. The van der Waals surface area contributed by atoms with Gasteiger partial charge in [-0.05, 0) is 37.2 Å². The summed E-state index contributed by atoms with van der Waals surface area (Å²) in [6, 6.07) is 5.38. The number of carbonyl (C=O) groups is 1. The monoisotopic (exact) mass is 296 g/mol. The molecule has 0 aromatic heterocycles. The van der Waals surface area contributed by atoms with E-state index in [4.69, 9.17) is 23.2 Å². The standard InChI is InChI=1S/C11H14Cl2N2O.ClH/c1-14-7-11(16)15-3-2-8-4-9(12)6-10(13)5-8;/h4-6,14H,2-3,7H2,1H3,(H,15,16);1H. The first-order valence-electron chi connectivity index (χ1n) is 4.98. The number of hydrogen-bond donors (Lipinski definition) is 2. The smallest absolute Gasteiger partial charge is 0.233 e. The van der Waals surface area contributed by atoms with Gasteiger partial charge in [-0.25, -0.2) is 0 Å². The first-order valence-corrected chi connectivity index (χ1v) is 5.73. The molecule has 0 aliphatic carbocycles. The molecular weight excluding hydrogens is 282 g/mol. The molecule has 0 unspecified atom stereocenters. The highest BCUT2D eigenvalue weighted by Crippen LogP contribution is 2.19. The van der Waals surface area contributed by atoms with Crippen molar-refractivity contribution in [2.75, 3.05) is 20.1 Å². The van der Waals surface area contributed by atoms with Crippen molar-refractivity contribution in [3.8, 4) is 0 Å². The number of rotatable bonds is 5. The zero-order chi connectivity index (χ0) is 12.0. The van der Waals surface area contributed by atoms with E-state index in [0.29, 0.717) is 23.1 Å². The average molecular weight is 298 g/mol. The van der Waals surface area contributed by atoms with Gasteiger partial charge in [0.2, 0.25) is 5.91 Å². The Morgan fingerprint density at radius 3 is 2.35 bits per heavy atom. The van der Waals surface area contributed by atoms with Crippen LogP contribution < -0.4 is 10.6 Å². The first kappa shape index (κ1) is 16.5. The Morgan fingerprint density at radius 2 is 1.82 bits per heavy atom. The molecule has 1 amide bonds. The molecule has 96 valence electrons. The van der Waals surface area contributed by atoms with Gasteiger partial charge in [-0.15, -0.1) is 12.4 Å². The quantitative estimate of drug-likeness (QED) is 0.875. The van der Waals surface area contributed by atoms with Crippen LogP contribution in [0.1, 0.15) is 5.56 Å².